The summed E-state index contributed by atoms with van der Waals surface area (Å²) in [4.78, 5) is 37.7. The van der Waals surface area contributed by atoms with Gasteiger partial charge in [-0.2, -0.15) is 0 Å². The molecule has 0 aliphatic carbocycles. The van der Waals surface area contributed by atoms with Gasteiger partial charge in [0, 0.05) is 20.1 Å². The molecule has 7 nitrogen and oxygen atoms in total. The summed E-state index contributed by atoms with van der Waals surface area (Å²) in [5.41, 5.74) is 0.0387. The number of hydrogen-bond donors (Lipinski definition) is 2. The molecule has 0 fully saturated rings. The Morgan fingerprint density at radius 3 is 2.43 bits per heavy atom. The van der Waals surface area contributed by atoms with Crippen molar-refractivity contribution in [2.24, 2.45) is 0 Å². The van der Waals surface area contributed by atoms with Crippen molar-refractivity contribution in [2.75, 3.05) is 32.0 Å². The van der Waals surface area contributed by atoms with Gasteiger partial charge in [0.25, 0.3) is 0 Å². The second kappa shape index (κ2) is 7.63. The molecule has 0 saturated heterocycles. The first-order valence-corrected chi connectivity index (χ1v) is 7.39. The number of aromatic carboxylic acids is 1. The van der Waals surface area contributed by atoms with Crippen LogP contribution < -0.4 is 5.32 Å². The second-order valence-corrected chi connectivity index (χ2v) is 5.24. The number of amides is 3. The smallest absolute Gasteiger partial charge is 0.338 e. The molecule has 0 unspecified atom stereocenters. The minimum Gasteiger partial charge on any atom is -0.478 e. The number of carboxylic acids is 1. The summed E-state index contributed by atoms with van der Waals surface area (Å²) >= 11 is 1.12. The van der Waals surface area contributed by atoms with Crippen LogP contribution in [0.25, 0.3) is 0 Å². The van der Waals surface area contributed by atoms with Gasteiger partial charge < -0.3 is 14.9 Å². The molecule has 2 N–H and O–H groups in total. The van der Waals surface area contributed by atoms with E-state index >= 15 is 0 Å². The molecule has 0 aliphatic heterocycles. The highest BCUT2D eigenvalue weighted by Gasteiger charge is 2.19. The Labute approximate surface area is 127 Å². The van der Waals surface area contributed by atoms with Crippen LogP contribution in [0.4, 0.5) is 9.80 Å². The summed E-state index contributed by atoms with van der Waals surface area (Å²) in [6.45, 7) is 4.84. The molecule has 3 amide bonds. The molecule has 0 spiro atoms. The summed E-state index contributed by atoms with van der Waals surface area (Å²) < 4.78 is 0. The minimum atomic E-state index is -1.10. The number of carbonyl (C=O) groups excluding carboxylic acids is 2. The third-order valence-electron chi connectivity index (χ3n) is 2.95. The Hall–Kier alpha value is -2.09. The Balaban J connectivity index is 2.65. The zero-order valence-electron chi connectivity index (χ0n) is 12.3. The van der Waals surface area contributed by atoms with E-state index < -0.39 is 12.0 Å². The molecular formula is C13H19N3O4S. The maximum Gasteiger partial charge on any atom is 0.338 e. The molecule has 0 radical (unpaired) electrons. The van der Waals surface area contributed by atoms with Gasteiger partial charge in [-0.15, -0.1) is 11.3 Å². The predicted molar refractivity (Wildman–Crippen MR) is 80.9 cm³/mol. The quantitative estimate of drug-likeness (QED) is 0.837. The molecule has 21 heavy (non-hydrogen) atoms. The highest BCUT2D eigenvalue weighted by Crippen LogP contribution is 2.23. The molecule has 1 heterocycles. The Morgan fingerprint density at radius 2 is 1.90 bits per heavy atom. The summed E-state index contributed by atoms with van der Waals surface area (Å²) in [6.07, 6.45) is 0. The van der Waals surface area contributed by atoms with Crippen LogP contribution in [0.15, 0.2) is 11.4 Å². The van der Waals surface area contributed by atoms with Gasteiger partial charge in [-0.05, 0) is 25.3 Å². The first kappa shape index (κ1) is 17.0. The number of hydrogen-bond acceptors (Lipinski definition) is 4. The lowest BCUT2D eigenvalue weighted by atomic mass is 10.3. The highest BCUT2D eigenvalue weighted by atomic mass is 32.1. The largest absolute Gasteiger partial charge is 0.478 e. The number of likely N-dealkylation sites (N-methyl/N-ethyl adjacent to an activating group) is 2. The SMILES string of the molecule is CCN(CC)C(=O)CN(C)C(=O)Nc1sccc1C(=O)O. The van der Waals surface area contributed by atoms with E-state index in [1.54, 1.807) is 10.3 Å². The lowest BCUT2D eigenvalue weighted by molar-refractivity contribution is -0.131. The number of thiophene rings is 1. The van der Waals surface area contributed by atoms with Crippen molar-refractivity contribution in [3.8, 4) is 0 Å². The monoisotopic (exact) mass is 313 g/mol. The molecule has 1 rings (SSSR count). The number of nitrogens with one attached hydrogen (secondary N) is 1. The highest BCUT2D eigenvalue weighted by molar-refractivity contribution is 7.14. The Bertz CT molecular complexity index is 525. The minimum absolute atomic E-state index is 0.0387. The van der Waals surface area contributed by atoms with Crippen molar-refractivity contribution in [2.45, 2.75) is 13.8 Å². The van der Waals surface area contributed by atoms with Crippen molar-refractivity contribution in [1.82, 2.24) is 9.80 Å². The zero-order chi connectivity index (χ0) is 16.0. The van der Waals surface area contributed by atoms with Crippen LogP contribution in [0.2, 0.25) is 0 Å². The van der Waals surface area contributed by atoms with Crippen molar-refractivity contribution < 1.29 is 19.5 Å². The molecule has 8 heteroatoms. The zero-order valence-corrected chi connectivity index (χ0v) is 13.1. The summed E-state index contributed by atoms with van der Waals surface area (Å²) in [5.74, 6) is -1.25. The molecular weight excluding hydrogens is 294 g/mol. The van der Waals surface area contributed by atoms with Crippen molar-refractivity contribution in [1.29, 1.82) is 0 Å². The molecule has 0 saturated carbocycles. The molecule has 1 aromatic rings. The normalized spacial score (nSPS) is 10.0. The van der Waals surface area contributed by atoms with Crippen LogP contribution in [0.1, 0.15) is 24.2 Å². The van der Waals surface area contributed by atoms with Crippen LogP contribution in [-0.2, 0) is 4.79 Å². The summed E-state index contributed by atoms with van der Waals surface area (Å²) in [5, 5.41) is 13.3. The average molecular weight is 313 g/mol. The predicted octanol–water partition coefficient (Wildman–Crippen LogP) is 1.78. The van der Waals surface area contributed by atoms with Crippen molar-refractivity contribution in [3.63, 3.8) is 0 Å². The van der Waals surface area contributed by atoms with Crippen molar-refractivity contribution >= 4 is 34.2 Å². The van der Waals surface area contributed by atoms with Gasteiger partial charge in [-0.25, -0.2) is 9.59 Å². The van der Waals surface area contributed by atoms with Crippen molar-refractivity contribution in [3.05, 3.63) is 17.0 Å². The fraction of sp³-hybridized carbons (Fsp3) is 0.462. The van der Waals surface area contributed by atoms with Crippen LogP contribution in [-0.4, -0.2) is 59.5 Å². The number of anilines is 1. The van der Waals surface area contributed by atoms with E-state index in [4.69, 9.17) is 5.11 Å². The van der Waals surface area contributed by atoms with E-state index in [1.807, 2.05) is 13.8 Å². The van der Waals surface area contributed by atoms with E-state index in [1.165, 1.54) is 18.0 Å². The van der Waals surface area contributed by atoms with E-state index in [0.29, 0.717) is 13.1 Å². The van der Waals surface area contributed by atoms with E-state index in [0.717, 1.165) is 11.3 Å². The second-order valence-electron chi connectivity index (χ2n) is 4.32. The summed E-state index contributed by atoms with van der Waals surface area (Å²) in [6, 6.07) is 0.907. The van der Waals surface area contributed by atoms with Gasteiger partial charge in [-0.1, -0.05) is 0 Å². The third-order valence-corrected chi connectivity index (χ3v) is 3.78. The standard InChI is InChI=1S/C13H19N3O4S/c1-4-16(5-2)10(17)8-15(3)13(20)14-11-9(12(18)19)6-7-21-11/h6-7H,4-5,8H2,1-3H3,(H,14,20)(H,18,19). The van der Waals surface area contributed by atoms with Crippen LogP contribution in [0.5, 0.6) is 0 Å². The van der Waals surface area contributed by atoms with Crippen LogP contribution in [0.3, 0.4) is 0 Å². The first-order chi connectivity index (χ1) is 9.90. The fourth-order valence-electron chi connectivity index (χ4n) is 1.72. The topological polar surface area (TPSA) is 90.0 Å². The number of nitrogens with zero attached hydrogens (tertiary/aromatic N) is 2. The van der Waals surface area contributed by atoms with E-state index in [2.05, 4.69) is 5.32 Å². The molecule has 0 atom stereocenters. The third kappa shape index (κ3) is 4.45. The average Bonchev–Trinajstić information content (AvgIpc) is 2.88. The number of carboxylic acid groups (broad SMARTS) is 1. The molecule has 0 aromatic carbocycles. The molecule has 0 bridgehead atoms. The molecule has 0 aliphatic rings. The first-order valence-electron chi connectivity index (χ1n) is 6.51. The number of urea groups is 1. The summed E-state index contributed by atoms with van der Waals surface area (Å²) in [7, 11) is 1.49. The lowest BCUT2D eigenvalue weighted by Crippen LogP contribution is -2.42. The Kier molecular flexibility index (Phi) is 6.16. The van der Waals surface area contributed by atoms with Gasteiger partial charge in [0.15, 0.2) is 0 Å². The van der Waals surface area contributed by atoms with Crippen LogP contribution in [0, 0.1) is 0 Å². The van der Waals surface area contributed by atoms with E-state index in [9.17, 15) is 14.4 Å². The molecule has 1 aromatic heterocycles. The van der Waals surface area contributed by atoms with Crippen LogP contribution >= 0.6 is 11.3 Å². The number of rotatable bonds is 6. The lowest BCUT2D eigenvalue weighted by Gasteiger charge is -2.23. The molecule has 116 valence electrons. The van der Waals surface area contributed by atoms with Gasteiger partial charge >= 0.3 is 12.0 Å². The van der Waals surface area contributed by atoms with Gasteiger partial charge in [0.05, 0.1) is 5.56 Å². The van der Waals surface area contributed by atoms with Gasteiger partial charge in [-0.3, -0.25) is 10.1 Å². The maximum absolute atomic E-state index is 12.0. The number of carbonyl (C=O) groups is 3. The van der Waals surface area contributed by atoms with Gasteiger partial charge in [0.1, 0.15) is 11.5 Å². The Morgan fingerprint density at radius 1 is 1.29 bits per heavy atom. The fourth-order valence-corrected chi connectivity index (χ4v) is 2.49. The van der Waals surface area contributed by atoms with E-state index in [-0.39, 0.29) is 23.0 Å². The maximum atomic E-state index is 12.0. The van der Waals surface area contributed by atoms with Gasteiger partial charge in [0.2, 0.25) is 5.91 Å².